The second kappa shape index (κ2) is 5.92. The molecule has 3 heteroatoms. The summed E-state index contributed by atoms with van der Waals surface area (Å²) >= 11 is 0. The monoisotopic (exact) mass is 252 g/mol. The van der Waals surface area contributed by atoms with Gasteiger partial charge >= 0.3 is 0 Å². The van der Waals surface area contributed by atoms with Gasteiger partial charge in [0.25, 0.3) is 0 Å². The number of nitriles is 1. The average Bonchev–Trinajstić information content (AvgIpc) is 2.42. The fourth-order valence-corrected chi connectivity index (χ4v) is 1.81. The molecule has 94 valence electrons. The van der Waals surface area contributed by atoms with Crippen molar-refractivity contribution in [3.63, 3.8) is 0 Å². The fraction of sp³-hybridized carbons (Fsp3) is 0.125. The number of rotatable bonds is 3. The first kappa shape index (κ1) is 13.0. The van der Waals surface area contributed by atoms with Crippen molar-refractivity contribution in [3.05, 3.63) is 70.5 Å². The van der Waals surface area contributed by atoms with E-state index in [4.69, 9.17) is 5.26 Å². The van der Waals surface area contributed by atoms with Gasteiger partial charge in [-0.2, -0.15) is 5.26 Å². The molecule has 0 radical (unpaired) electrons. The Morgan fingerprint density at radius 2 is 2.00 bits per heavy atom. The van der Waals surface area contributed by atoms with Crippen LogP contribution in [0.1, 0.15) is 22.3 Å². The van der Waals surface area contributed by atoms with E-state index in [-0.39, 0.29) is 0 Å². The Morgan fingerprint density at radius 1 is 1.26 bits per heavy atom. The largest absolute Gasteiger partial charge is 0.288 e. The lowest BCUT2D eigenvalue weighted by atomic mass is 10.1. The van der Waals surface area contributed by atoms with Crippen molar-refractivity contribution in [2.24, 2.45) is 4.99 Å². The van der Waals surface area contributed by atoms with E-state index < -0.39 is 5.82 Å². The summed E-state index contributed by atoms with van der Waals surface area (Å²) in [6.45, 7) is 2.29. The number of aliphatic imine (C=N–C) groups is 1. The van der Waals surface area contributed by atoms with Crippen molar-refractivity contribution in [3.8, 4) is 6.07 Å². The van der Waals surface area contributed by atoms with Gasteiger partial charge in [-0.05, 0) is 30.2 Å². The molecule has 0 N–H and O–H groups in total. The summed E-state index contributed by atoms with van der Waals surface area (Å²) in [4.78, 5) is 4.24. The Balaban J connectivity index is 2.18. The van der Waals surface area contributed by atoms with E-state index in [0.29, 0.717) is 23.2 Å². The second-order valence-corrected chi connectivity index (χ2v) is 4.26. The minimum atomic E-state index is -0.409. The third-order valence-electron chi connectivity index (χ3n) is 2.80. The third-order valence-corrected chi connectivity index (χ3v) is 2.80. The number of nitrogens with zero attached hydrogens (tertiary/aromatic N) is 2. The van der Waals surface area contributed by atoms with Crippen molar-refractivity contribution in [1.82, 2.24) is 0 Å². The lowest BCUT2D eigenvalue weighted by Crippen LogP contribution is -1.95. The summed E-state index contributed by atoms with van der Waals surface area (Å²) < 4.78 is 13.8. The molecular formula is C16H13FN2. The molecule has 0 saturated carbocycles. The van der Waals surface area contributed by atoms with Crippen LogP contribution in [0.3, 0.4) is 0 Å². The van der Waals surface area contributed by atoms with Crippen LogP contribution in [0, 0.1) is 24.1 Å². The highest BCUT2D eigenvalue weighted by atomic mass is 19.1. The van der Waals surface area contributed by atoms with Crippen LogP contribution >= 0.6 is 0 Å². The summed E-state index contributed by atoms with van der Waals surface area (Å²) in [5, 5.41) is 8.75. The molecule has 0 bridgehead atoms. The van der Waals surface area contributed by atoms with Crippen molar-refractivity contribution in [2.45, 2.75) is 13.5 Å². The van der Waals surface area contributed by atoms with E-state index in [9.17, 15) is 4.39 Å². The van der Waals surface area contributed by atoms with Gasteiger partial charge in [-0.15, -0.1) is 0 Å². The van der Waals surface area contributed by atoms with Gasteiger partial charge < -0.3 is 0 Å². The molecule has 0 unspecified atom stereocenters. The SMILES string of the molecule is Cc1cc(C#N)cc(F)c1C=NCc1ccccc1. The smallest absolute Gasteiger partial charge is 0.133 e. The Labute approximate surface area is 111 Å². The lowest BCUT2D eigenvalue weighted by Gasteiger charge is -2.02. The van der Waals surface area contributed by atoms with E-state index in [1.54, 1.807) is 13.0 Å². The number of hydrogen-bond donors (Lipinski definition) is 0. The molecule has 0 aromatic heterocycles. The summed E-state index contributed by atoms with van der Waals surface area (Å²) in [5.41, 5.74) is 2.56. The molecule has 0 atom stereocenters. The Hall–Kier alpha value is -2.47. The highest BCUT2D eigenvalue weighted by Crippen LogP contribution is 2.14. The molecule has 0 fully saturated rings. The van der Waals surface area contributed by atoms with Crippen LogP contribution in [-0.4, -0.2) is 6.21 Å². The highest BCUT2D eigenvalue weighted by Gasteiger charge is 2.05. The summed E-state index contributed by atoms with van der Waals surface area (Å²) in [5.74, 6) is -0.409. The number of hydrogen-bond acceptors (Lipinski definition) is 2. The van der Waals surface area contributed by atoms with Gasteiger partial charge in [0, 0.05) is 11.8 Å². The molecule has 2 nitrogen and oxygen atoms in total. The van der Waals surface area contributed by atoms with Crippen LogP contribution in [-0.2, 0) is 6.54 Å². The maximum absolute atomic E-state index is 13.8. The Bertz CT molecular complexity index is 617. The van der Waals surface area contributed by atoms with E-state index in [2.05, 4.69) is 4.99 Å². The molecule has 0 heterocycles. The van der Waals surface area contributed by atoms with Crippen LogP contribution in [0.4, 0.5) is 4.39 Å². The van der Waals surface area contributed by atoms with Gasteiger partial charge in [-0.25, -0.2) is 4.39 Å². The quantitative estimate of drug-likeness (QED) is 0.768. The zero-order valence-corrected chi connectivity index (χ0v) is 10.6. The minimum absolute atomic E-state index is 0.329. The predicted molar refractivity (Wildman–Crippen MR) is 73.6 cm³/mol. The van der Waals surface area contributed by atoms with Gasteiger partial charge in [0.15, 0.2) is 0 Å². The van der Waals surface area contributed by atoms with E-state index in [1.807, 2.05) is 36.4 Å². The zero-order valence-electron chi connectivity index (χ0n) is 10.6. The zero-order chi connectivity index (χ0) is 13.7. The summed E-state index contributed by atoms with van der Waals surface area (Å²) in [7, 11) is 0. The van der Waals surface area contributed by atoms with Crippen LogP contribution in [0.2, 0.25) is 0 Å². The van der Waals surface area contributed by atoms with E-state index in [0.717, 1.165) is 5.56 Å². The first-order valence-electron chi connectivity index (χ1n) is 5.94. The van der Waals surface area contributed by atoms with Gasteiger partial charge in [-0.3, -0.25) is 4.99 Å². The van der Waals surface area contributed by atoms with Crippen LogP contribution in [0.25, 0.3) is 0 Å². The van der Waals surface area contributed by atoms with Gasteiger partial charge in [0.05, 0.1) is 18.2 Å². The third kappa shape index (κ3) is 3.26. The molecule has 0 aliphatic heterocycles. The first-order chi connectivity index (χ1) is 9.20. The second-order valence-electron chi connectivity index (χ2n) is 4.26. The number of halogens is 1. The molecule has 0 amide bonds. The lowest BCUT2D eigenvalue weighted by molar-refractivity contribution is 0.624. The fourth-order valence-electron chi connectivity index (χ4n) is 1.81. The van der Waals surface area contributed by atoms with E-state index >= 15 is 0 Å². The minimum Gasteiger partial charge on any atom is -0.288 e. The highest BCUT2D eigenvalue weighted by molar-refractivity contribution is 5.82. The molecule has 2 rings (SSSR count). The molecule has 2 aromatic rings. The van der Waals surface area contributed by atoms with Gasteiger partial charge in [0.1, 0.15) is 5.82 Å². The first-order valence-corrected chi connectivity index (χ1v) is 5.94. The topological polar surface area (TPSA) is 36.1 Å². The van der Waals surface area contributed by atoms with E-state index in [1.165, 1.54) is 12.3 Å². The van der Waals surface area contributed by atoms with Crippen LogP contribution in [0.15, 0.2) is 47.5 Å². The molecule has 0 saturated heterocycles. The molecule has 0 aliphatic rings. The summed E-state index contributed by atoms with van der Waals surface area (Å²) in [6, 6.07) is 14.6. The van der Waals surface area contributed by atoms with Gasteiger partial charge in [-0.1, -0.05) is 30.3 Å². The molecular weight excluding hydrogens is 239 g/mol. The van der Waals surface area contributed by atoms with Gasteiger partial charge in [0.2, 0.25) is 0 Å². The normalized spacial score (nSPS) is 10.6. The maximum Gasteiger partial charge on any atom is 0.133 e. The van der Waals surface area contributed by atoms with Crippen LogP contribution in [0.5, 0.6) is 0 Å². The average molecular weight is 252 g/mol. The molecule has 2 aromatic carbocycles. The molecule has 0 spiro atoms. The maximum atomic E-state index is 13.8. The number of aryl methyl sites for hydroxylation is 1. The van der Waals surface area contributed by atoms with Crippen molar-refractivity contribution < 1.29 is 4.39 Å². The predicted octanol–water partition coefficient (Wildman–Crippen LogP) is 3.62. The van der Waals surface area contributed by atoms with Crippen LogP contribution < -0.4 is 0 Å². The Kier molecular flexibility index (Phi) is 4.04. The molecule has 0 aliphatic carbocycles. The molecule has 19 heavy (non-hydrogen) atoms. The van der Waals surface area contributed by atoms with Crippen molar-refractivity contribution in [1.29, 1.82) is 5.26 Å². The Morgan fingerprint density at radius 3 is 2.63 bits per heavy atom. The summed E-state index contributed by atoms with van der Waals surface area (Å²) in [6.07, 6.45) is 1.53. The van der Waals surface area contributed by atoms with Crippen molar-refractivity contribution >= 4 is 6.21 Å². The van der Waals surface area contributed by atoms with Crippen molar-refractivity contribution in [2.75, 3.05) is 0 Å². The standard InChI is InChI=1S/C16H13FN2/c1-12-7-14(9-18)8-16(17)15(12)11-19-10-13-5-3-2-4-6-13/h2-8,11H,10H2,1H3. The number of benzene rings is 2.